The summed E-state index contributed by atoms with van der Waals surface area (Å²) in [6.07, 6.45) is 7.22. The predicted octanol–water partition coefficient (Wildman–Crippen LogP) is 4.03. The Kier molecular flexibility index (Phi) is 6.96. The van der Waals surface area contributed by atoms with Crippen molar-refractivity contribution in [3.05, 3.63) is 65.6 Å². The van der Waals surface area contributed by atoms with Gasteiger partial charge in [0.05, 0.1) is 11.3 Å². The first kappa shape index (κ1) is 22.8. The molecule has 2 aromatic heterocycles. The van der Waals surface area contributed by atoms with Gasteiger partial charge < -0.3 is 19.8 Å². The molecular formula is C26H32N4O3. The van der Waals surface area contributed by atoms with Crippen LogP contribution in [0.4, 0.5) is 0 Å². The predicted molar refractivity (Wildman–Crippen MR) is 127 cm³/mol. The molecule has 33 heavy (non-hydrogen) atoms. The van der Waals surface area contributed by atoms with E-state index in [0.717, 1.165) is 36.2 Å². The van der Waals surface area contributed by atoms with E-state index in [1.807, 2.05) is 61.8 Å². The third-order valence-corrected chi connectivity index (χ3v) is 6.05. The molecule has 2 unspecified atom stereocenters. The number of fused-ring (bicyclic) bond motifs is 1. The number of imidazole rings is 1. The summed E-state index contributed by atoms with van der Waals surface area (Å²) in [6.45, 7) is 6.22. The van der Waals surface area contributed by atoms with Crippen LogP contribution in [0.25, 0.3) is 5.65 Å². The molecule has 0 bridgehead atoms. The lowest BCUT2D eigenvalue weighted by molar-refractivity contribution is -0.126. The zero-order valence-electron chi connectivity index (χ0n) is 19.5. The second-order valence-corrected chi connectivity index (χ2v) is 9.14. The number of carbonyl (C=O) groups is 2. The van der Waals surface area contributed by atoms with Gasteiger partial charge in [-0.3, -0.25) is 9.59 Å². The molecule has 0 radical (unpaired) electrons. The number of hydrogen-bond donors (Lipinski definition) is 2. The van der Waals surface area contributed by atoms with Gasteiger partial charge in [0.1, 0.15) is 18.0 Å². The van der Waals surface area contributed by atoms with Crippen LogP contribution in [0.5, 0.6) is 5.75 Å². The van der Waals surface area contributed by atoms with Gasteiger partial charge in [-0.15, -0.1) is 0 Å². The van der Waals surface area contributed by atoms with Gasteiger partial charge in [0.25, 0.3) is 5.91 Å². The molecule has 2 atom stereocenters. The van der Waals surface area contributed by atoms with E-state index in [0.29, 0.717) is 17.7 Å². The molecule has 1 saturated carbocycles. The first-order valence-corrected chi connectivity index (χ1v) is 11.7. The quantitative estimate of drug-likeness (QED) is 0.571. The second-order valence-electron chi connectivity index (χ2n) is 9.14. The van der Waals surface area contributed by atoms with Gasteiger partial charge >= 0.3 is 0 Å². The maximum absolute atomic E-state index is 13.1. The summed E-state index contributed by atoms with van der Waals surface area (Å²) in [5, 5.41) is 6.12. The summed E-state index contributed by atoms with van der Waals surface area (Å²) in [7, 11) is 0. The molecule has 1 aliphatic carbocycles. The standard InChI is InChI=1S/C26H32N4O3/c1-17(2)27-25(31)19-9-6-10-20(14-19)29-26(32)22-11-4-5-12-23(22)33-16-21-15-30-13-7-8-18(3)24(30)28-21/h4-5,7-8,11-13,15,17,19-20H,6,9-10,14,16H2,1-3H3,(H,27,31)(H,29,32). The first-order valence-electron chi connectivity index (χ1n) is 11.7. The molecule has 7 heteroatoms. The summed E-state index contributed by atoms with van der Waals surface area (Å²) in [6, 6.07) is 11.4. The minimum Gasteiger partial charge on any atom is -0.486 e. The molecule has 2 heterocycles. The van der Waals surface area contributed by atoms with Crippen molar-refractivity contribution in [2.45, 2.75) is 65.1 Å². The molecule has 174 valence electrons. The summed E-state index contributed by atoms with van der Waals surface area (Å²) in [5.74, 6) is 0.367. The summed E-state index contributed by atoms with van der Waals surface area (Å²) >= 11 is 0. The van der Waals surface area contributed by atoms with Crippen LogP contribution < -0.4 is 15.4 Å². The van der Waals surface area contributed by atoms with Crippen molar-refractivity contribution in [1.82, 2.24) is 20.0 Å². The second kappa shape index (κ2) is 10.1. The van der Waals surface area contributed by atoms with Crippen LogP contribution in [0.3, 0.4) is 0 Å². The van der Waals surface area contributed by atoms with Gasteiger partial charge in [-0.2, -0.15) is 0 Å². The largest absolute Gasteiger partial charge is 0.486 e. The molecule has 0 saturated heterocycles. The number of aromatic nitrogens is 2. The number of ether oxygens (including phenoxy) is 1. The Bertz CT molecular complexity index is 1140. The fourth-order valence-electron chi connectivity index (χ4n) is 4.43. The van der Waals surface area contributed by atoms with Crippen molar-refractivity contribution in [2.75, 3.05) is 0 Å². The van der Waals surface area contributed by atoms with Crippen molar-refractivity contribution in [2.24, 2.45) is 5.92 Å². The van der Waals surface area contributed by atoms with Crippen molar-refractivity contribution < 1.29 is 14.3 Å². The van der Waals surface area contributed by atoms with Crippen LogP contribution in [0.2, 0.25) is 0 Å². The zero-order valence-corrected chi connectivity index (χ0v) is 19.5. The maximum Gasteiger partial charge on any atom is 0.255 e. The van der Waals surface area contributed by atoms with E-state index < -0.39 is 0 Å². The lowest BCUT2D eigenvalue weighted by Crippen LogP contribution is -2.43. The van der Waals surface area contributed by atoms with Crippen molar-refractivity contribution in [1.29, 1.82) is 0 Å². The number of nitrogens with one attached hydrogen (secondary N) is 2. The van der Waals surface area contributed by atoms with Gasteiger partial charge in [0.15, 0.2) is 0 Å². The van der Waals surface area contributed by atoms with Gasteiger partial charge in [-0.05, 0) is 63.8 Å². The summed E-state index contributed by atoms with van der Waals surface area (Å²) in [5.41, 5.74) is 3.28. The van der Waals surface area contributed by atoms with E-state index in [1.165, 1.54) is 0 Å². The van der Waals surface area contributed by atoms with Crippen LogP contribution in [0.1, 0.15) is 61.1 Å². The Morgan fingerprint density at radius 2 is 2.00 bits per heavy atom. The van der Waals surface area contributed by atoms with E-state index in [4.69, 9.17) is 4.74 Å². The Balaban J connectivity index is 1.40. The molecule has 4 rings (SSSR count). The first-order chi connectivity index (χ1) is 15.9. The highest BCUT2D eigenvalue weighted by Gasteiger charge is 2.29. The number of rotatable bonds is 7. The van der Waals surface area contributed by atoms with Crippen LogP contribution >= 0.6 is 0 Å². The van der Waals surface area contributed by atoms with Crippen LogP contribution in [0, 0.1) is 12.8 Å². The average molecular weight is 449 g/mol. The Morgan fingerprint density at radius 1 is 1.18 bits per heavy atom. The van der Waals surface area contributed by atoms with E-state index in [1.54, 1.807) is 12.1 Å². The fourth-order valence-corrected chi connectivity index (χ4v) is 4.43. The highest BCUT2D eigenvalue weighted by Crippen LogP contribution is 2.26. The Hall–Kier alpha value is -3.35. The van der Waals surface area contributed by atoms with Crippen LogP contribution in [-0.4, -0.2) is 33.3 Å². The van der Waals surface area contributed by atoms with E-state index >= 15 is 0 Å². The lowest BCUT2D eigenvalue weighted by Gasteiger charge is -2.29. The van der Waals surface area contributed by atoms with Gasteiger partial charge in [-0.1, -0.05) is 24.6 Å². The number of para-hydroxylation sites is 1. The average Bonchev–Trinajstić information content (AvgIpc) is 3.22. The maximum atomic E-state index is 13.1. The Labute approximate surface area is 194 Å². The van der Waals surface area contributed by atoms with E-state index in [9.17, 15) is 9.59 Å². The number of benzene rings is 1. The van der Waals surface area contributed by atoms with Gasteiger partial charge in [0.2, 0.25) is 5.91 Å². The molecule has 7 nitrogen and oxygen atoms in total. The Morgan fingerprint density at radius 3 is 2.79 bits per heavy atom. The minimum atomic E-state index is -0.175. The third-order valence-electron chi connectivity index (χ3n) is 6.05. The van der Waals surface area contributed by atoms with E-state index in [-0.39, 0.29) is 36.4 Å². The van der Waals surface area contributed by atoms with Crippen molar-refractivity contribution in [3.8, 4) is 5.75 Å². The molecular weight excluding hydrogens is 416 g/mol. The topological polar surface area (TPSA) is 84.7 Å². The molecule has 2 N–H and O–H groups in total. The van der Waals surface area contributed by atoms with Gasteiger partial charge in [0, 0.05) is 30.4 Å². The van der Waals surface area contributed by atoms with Crippen LogP contribution in [0.15, 0.2) is 48.8 Å². The van der Waals surface area contributed by atoms with Crippen molar-refractivity contribution >= 4 is 17.5 Å². The number of amides is 2. The number of pyridine rings is 1. The monoisotopic (exact) mass is 448 g/mol. The number of carbonyl (C=O) groups excluding carboxylic acids is 2. The summed E-state index contributed by atoms with van der Waals surface area (Å²) in [4.78, 5) is 30.1. The SMILES string of the molecule is Cc1cccn2cc(COc3ccccc3C(=O)NC3CCCC(C(=O)NC(C)C)C3)nc12. The molecule has 0 spiro atoms. The highest BCUT2D eigenvalue weighted by molar-refractivity contribution is 5.97. The molecule has 1 fully saturated rings. The van der Waals surface area contributed by atoms with Crippen molar-refractivity contribution in [3.63, 3.8) is 0 Å². The van der Waals surface area contributed by atoms with Crippen LogP contribution in [-0.2, 0) is 11.4 Å². The molecule has 3 aromatic rings. The van der Waals surface area contributed by atoms with Gasteiger partial charge in [-0.25, -0.2) is 4.98 Å². The zero-order chi connectivity index (χ0) is 23.4. The smallest absolute Gasteiger partial charge is 0.255 e. The van der Waals surface area contributed by atoms with E-state index in [2.05, 4.69) is 15.6 Å². The normalized spacial score (nSPS) is 18.3. The number of nitrogens with zero attached hydrogens (tertiary/aromatic N) is 2. The molecule has 2 amide bonds. The molecule has 0 aliphatic heterocycles. The lowest BCUT2D eigenvalue weighted by atomic mass is 9.85. The highest BCUT2D eigenvalue weighted by atomic mass is 16.5. The molecule has 1 aliphatic rings. The summed E-state index contributed by atoms with van der Waals surface area (Å²) < 4.78 is 7.98. The molecule has 1 aromatic carbocycles. The number of hydrogen-bond acceptors (Lipinski definition) is 4. The third kappa shape index (κ3) is 5.53. The fraction of sp³-hybridized carbons (Fsp3) is 0.423. The number of aryl methyl sites for hydroxylation is 1. The minimum absolute atomic E-state index is 0.0244.